The predicted molar refractivity (Wildman–Crippen MR) is 101 cm³/mol. The Hall–Kier alpha value is -2.14. The minimum atomic E-state index is -0.0999. The molecule has 0 aliphatic heterocycles. The van der Waals surface area contributed by atoms with Gasteiger partial charge in [-0.2, -0.15) is 0 Å². The molecule has 0 fully saturated rings. The van der Waals surface area contributed by atoms with Gasteiger partial charge in [-0.05, 0) is 36.2 Å². The predicted octanol–water partition coefficient (Wildman–Crippen LogP) is 4.39. The molecule has 0 heterocycles. The average molecular weight is 389 g/mol. The number of anilines is 2. The summed E-state index contributed by atoms with van der Waals surface area (Å²) < 4.78 is 0.896. The van der Waals surface area contributed by atoms with Crippen LogP contribution in [0.5, 0.6) is 0 Å². The van der Waals surface area contributed by atoms with E-state index in [-0.39, 0.29) is 18.2 Å². The Morgan fingerprint density at radius 3 is 2.54 bits per heavy atom. The molecule has 0 bridgehead atoms. The number of carbonyl (C=O) groups is 2. The zero-order valence-electron chi connectivity index (χ0n) is 13.9. The van der Waals surface area contributed by atoms with Gasteiger partial charge in [0.2, 0.25) is 11.8 Å². The first-order valence-corrected chi connectivity index (χ1v) is 8.72. The molecule has 0 atom stereocenters. The van der Waals surface area contributed by atoms with Gasteiger partial charge in [-0.15, -0.1) is 0 Å². The molecule has 4 nitrogen and oxygen atoms in total. The Balaban J connectivity index is 2.02. The second-order valence-corrected chi connectivity index (χ2v) is 6.38. The van der Waals surface area contributed by atoms with Crippen molar-refractivity contribution in [2.24, 2.45) is 0 Å². The van der Waals surface area contributed by atoms with Crippen LogP contribution >= 0.6 is 15.9 Å². The third-order valence-corrected chi connectivity index (χ3v) is 4.23. The van der Waals surface area contributed by atoms with Crippen molar-refractivity contribution in [1.82, 2.24) is 0 Å². The Kier molecular flexibility index (Phi) is 6.55. The number of benzene rings is 2. The van der Waals surface area contributed by atoms with Crippen molar-refractivity contribution in [3.05, 3.63) is 58.6 Å². The van der Waals surface area contributed by atoms with Crippen LogP contribution in [0.25, 0.3) is 0 Å². The van der Waals surface area contributed by atoms with E-state index in [9.17, 15) is 9.59 Å². The van der Waals surface area contributed by atoms with Crippen molar-refractivity contribution < 1.29 is 9.59 Å². The molecule has 0 aliphatic rings. The monoisotopic (exact) mass is 388 g/mol. The van der Waals surface area contributed by atoms with Gasteiger partial charge in [0.05, 0.1) is 0 Å². The molecule has 2 amide bonds. The van der Waals surface area contributed by atoms with Gasteiger partial charge in [0.25, 0.3) is 0 Å². The van der Waals surface area contributed by atoms with E-state index in [1.807, 2.05) is 48.5 Å². The molecule has 0 aromatic heterocycles. The first-order chi connectivity index (χ1) is 11.5. The topological polar surface area (TPSA) is 49.4 Å². The summed E-state index contributed by atoms with van der Waals surface area (Å²) in [5, 5.41) is 2.93. The molecular formula is C19H21BrN2O2. The van der Waals surface area contributed by atoms with Crippen molar-refractivity contribution in [2.45, 2.75) is 26.7 Å². The smallest absolute Gasteiger partial charge is 0.226 e. The standard InChI is InChI=1S/C19H21BrN2O2/c1-3-15-7-4-5-10-18(15)21-19(24)11-12-22(14(2)23)17-9-6-8-16(20)13-17/h4-10,13H,3,11-12H2,1-2H3,(H,21,24). The molecule has 0 spiro atoms. The number of para-hydroxylation sites is 1. The Morgan fingerprint density at radius 2 is 1.88 bits per heavy atom. The van der Waals surface area contributed by atoms with Gasteiger partial charge in [0.15, 0.2) is 0 Å². The van der Waals surface area contributed by atoms with Crippen molar-refractivity contribution in [3.63, 3.8) is 0 Å². The Labute approximate surface area is 151 Å². The minimum absolute atomic E-state index is 0.0881. The summed E-state index contributed by atoms with van der Waals surface area (Å²) in [6, 6.07) is 15.2. The fraction of sp³-hybridized carbons (Fsp3) is 0.263. The van der Waals surface area contributed by atoms with E-state index in [2.05, 4.69) is 28.2 Å². The molecule has 0 saturated heterocycles. The van der Waals surface area contributed by atoms with Crippen LogP contribution in [0, 0.1) is 0 Å². The summed E-state index contributed by atoms with van der Waals surface area (Å²) >= 11 is 3.40. The Bertz CT molecular complexity index is 731. The number of hydrogen-bond donors (Lipinski definition) is 1. The van der Waals surface area contributed by atoms with Gasteiger partial charge in [-0.3, -0.25) is 9.59 Å². The SMILES string of the molecule is CCc1ccccc1NC(=O)CCN(C(C)=O)c1cccc(Br)c1. The molecule has 24 heavy (non-hydrogen) atoms. The van der Waals surface area contributed by atoms with Gasteiger partial charge in [0.1, 0.15) is 0 Å². The zero-order valence-corrected chi connectivity index (χ0v) is 15.5. The van der Waals surface area contributed by atoms with E-state index in [1.165, 1.54) is 6.92 Å². The van der Waals surface area contributed by atoms with Crippen LogP contribution in [0.3, 0.4) is 0 Å². The lowest BCUT2D eigenvalue weighted by Gasteiger charge is -2.21. The quantitative estimate of drug-likeness (QED) is 0.797. The number of halogens is 1. The van der Waals surface area contributed by atoms with Crippen LogP contribution in [0.2, 0.25) is 0 Å². The summed E-state index contributed by atoms with van der Waals surface area (Å²) in [6.07, 6.45) is 1.10. The third kappa shape index (κ3) is 4.93. The lowest BCUT2D eigenvalue weighted by molar-refractivity contribution is -0.117. The number of carbonyl (C=O) groups excluding carboxylic acids is 2. The molecular weight excluding hydrogens is 368 g/mol. The number of rotatable bonds is 6. The van der Waals surface area contributed by atoms with Gasteiger partial charge in [-0.25, -0.2) is 0 Å². The maximum Gasteiger partial charge on any atom is 0.226 e. The fourth-order valence-electron chi connectivity index (χ4n) is 2.49. The highest BCUT2D eigenvalue weighted by atomic mass is 79.9. The van der Waals surface area contributed by atoms with Crippen molar-refractivity contribution >= 4 is 39.1 Å². The third-order valence-electron chi connectivity index (χ3n) is 3.73. The van der Waals surface area contributed by atoms with Crippen molar-refractivity contribution in [3.8, 4) is 0 Å². The van der Waals surface area contributed by atoms with Crippen LogP contribution < -0.4 is 10.2 Å². The number of nitrogens with one attached hydrogen (secondary N) is 1. The van der Waals surface area contributed by atoms with E-state index in [1.54, 1.807) is 4.90 Å². The van der Waals surface area contributed by atoms with Crippen LogP contribution in [0.1, 0.15) is 25.8 Å². The average Bonchev–Trinajstić information content (AvgIpc) is 2.55. The molecule has 0 saturated carbocycles. The highest BCUT2D eigenvalue weighted by Crippen LogP contribution is 2.21. The summed E-state index contributed by atoms with van der Waals surface area (Å²) in [5.74, 6) is -0.188. The largest absolute Gasteiger partial charge is 0.326 e. The second kappa shape index (κ2) is 8.64. The van der Waals surface area contributed by atoms with E-state index in [4.69, 9.17) is 0 Å². The van der Waals surface area contributed by atoms with Crippen LogP contribution in [0.4, 0.5) is 11.4 Å². The molecule has 0 unspecified atom stereocenters. The number of nitrogens with zero attached hydrogens (tertiary/aromatic N) is 1. The molecule has 2 rings (SSSR count). The molecule has 2 aromatic rings. The first-order valence-electron chi connectivity index (χ1n) is 7.92. The summed E-state index contributed by atoms with van der Waals surface area (Å²) in [7, 11) is 0. The highest BCUT2D eigenvalue weighted by Gasteiger charge is 2.14. The van der Waals surface area contributed by atoms with Gasteiger partial charge < -0.3 is 10.2 Å². The molecule has 1 N–H and O–H groups in total. The summed E-state index contributed by atoms with van der Waals surface area (Å²) in [6.45, 7) is 3.90. The van der Waals surface area contributed by atoms with Gasteiger partial charge in [-0.1, -0.05) is 47.1 Å². The maximum absolute atomic E-state index is 12.2. The number of amides is 2. The van der Waals surface area contributed by atoms with Gasteiger partial charge in [0, 0.05) is 35.7 Å². The van der Waals surface area contributed by atoms with Crippen LogP contribution in [-0.4, -0.2) is 18.4 Å². The normalized spacial score (nSPS) is 10.3. The fourth-order valence-corrected chi connectivity index (χ4v) is 2.88. The molecule has 0 aliphatic carbocycles. The van der Waals surface area contributed by atoms with Crippen LogP contribution in [-0.2, 0) is 16.0 Å². The van der Waals surface area contributed by atoms with Crippen molar-refractivity contribution in [2.75, 3.05) is 16.8 Å². The van der Waals surface area contributed by atoms with Gasteiger partial charge >= 0.3 is 0 Å². The highest BCUT2D eigenvalue weighted by molar-refractivity contribution is 9.10. The second-order valence-electron chi connectivity index (χ2n) is 5.46. The minimum Gasteiger partial charge on any atom is -0.326 e. The van der Waals surface area contributed by atoms with E-state index in [0.717, 1.165) is 27.8 Å². The van der Waals surface area contributed by atoms with E-state index < -0.39 is 0 Å². The van der Waals surface area contributed by atoms with E-state index in [0.29, 0.717) is 6.54 Å². The molecule has 5 heteroatoms. The number of aryl methyl sites for hydroxylation is 1. The molecule has 0 radical (unpaired) electrons. The maximum atomic E-state index is 12.2. The molecule has 2 aromatic carbocycles. The lowest BCUT2D eigenvalue weighted by Crippen LogP contribution is -2.32. The first kappa shape index (κ1) is 18.2. The van der Waals surface area contributed by atoms with Crippen molar-refractivity contribution in [1.29, 1.82) is 0 Å². The van der Waals surface area contributed by atoms with E-state index >= 15 is 0 Å². The molecule has 126 valence electrons. The summed E-state index contributed by atoms with van der Waals surface area (Å²) in [4.78, 5) is 25.8. The number of hydrogen-bond acceptors (Lipinski definition) is 2. The lowest BCUT2D eigenvalue weighted by atomic mass is 10.1. The van der Waals surface area contributed by atoms with Crippen LogP contribution in [0.15, 0.2) is 53.0 Å². The zero-order chi connectivity index (χ0) is 17.5. The summed E-state index contributed by atoms with van der Waals surface area (Å²) in [5.41, 5.74) is 2.71. The Morgan fingerprint density at radius 1 is 1.12 bits per heavy atom.